The summed E-state index contributed by atoms with van der Waals surface area (Å²) in [6.45, 7) is 1.90. The Labute approximate surface area is 197 Å². The van der Waals surface area contributed by atoms with E-state index in [1.165, 1.54) is 6.20 Å². The topological polar surface area (TPSA) is 118 Å². The first-order valence-electron chi connectivity index (χ1n) is 11.0. The summed E-state index contributed by atoms with van der Waals surface area (Å²) in [5.74, 6) is -1.72. The number of carbonyl (C=O) groups is 3. The predicted octanol–water partition coefficient (Wildman–Crippen LogP) is 4.10. The molecule has 1 aliphatic rings. The highest BCUT2D eigenvalue weighted by Crippen LogP contribution is 2.44. The van der Waals surface area contributed by atoms with Gasteiger partial charge in [-0.15, -0.1) is 0 Å². The lowest BCUT2D eigenvalue weighted by Crippen LogP contribution is -2.44. The van der Waals surface area contributed by atoms with Crippen molar-refractivity contribution in [2.24, 2.45) is 0 Å². The maximum atomic E-state index is 12.8. The molecule has 0 saturated carbocycles. The Morgan fingerprint density at radius 1 is 1.03 bits per heavy atom. The number of rotatable bonds is 8. The summed E-state index contributed by atoms with van der Waals surface area (Å²) >= 11 is 0. The summed E-state index contributed by atoms with van der Waals surface area (Å²) < 4.78 is 5.51. The lowest BCUT2D eigenvalue weighted by Gasteiger charge is -2.19. The number of anilines is 1. The molecule has 1 atom stereocenters. The van der Waals surface area contributed by atoms with E-state index in [-0.39, 0.29) is 25.4 Å². The molecule has 3 aromatic rings. The molecule has 0 spiro atoms. The number of benzene rings is 2. The number of aryl methyl sites for hydroxylation is 1. The molecular formula is C26H25N3O5. The molecule has 3 N–H and O–H groups in total. The van der Waals surface area contributed by atoms with Gasteiger partial charge in [0.2, 0.25) is 5.91 Å². The third-order valence-electron chi connectivity index (χ3n) is 5.90. The van der Waals surface area contributed by atoms with Crippen LogP contribution in [0.25, 0.3) is 11.1 Å². The molecule has 0 radical (unpaired) electrons. The van der Waals surface area contributed by atoms with E-state index < -0.39 is 24.0 Å². The van der Waals surface area contributed by atoms with Crippen LogP contribution in [0.3, 0.4) is 0 Å². The standard InChI is InChI=1S/C26H25N3O5/c1-16-12-13-27-14-23(16)28-25(32)22(10-11-24(30)31)29-26(33)34-15-21-19-8-4-2-6-17(19)18-7-3-5-9-20(18)21/h2-9,12-14,21-22H,10-11,15H2,1H3,(H,28,32)(H,29,33)(H,30,31). The zero-order chi connectivity index (χ0) is 24.1. The molecule has 0 bridgehead atoms. The number of hydrogen-bond donors (Lipinski definition) is 3. The first-order valence-corrected chi connectivity index (χ1v) is 11.0. The number of carboxylic acids is 1. The molecule has 1 unspecified atom stereocenters. The number of nitrogens with one attached hydrogen (secondary N) is 2. The minimum Gasteiger partial charge on any atom is -0.481 e. The number of nitrogens with zero attached hydrogens (tertiary/aromatic N) is 1. The van der Waals surface area contributed by atoms with Crippen LogP contribution in [-0.2, 0) is 14.3 Å². The third kappa shape index (κ3) is 5.06. The fraction of sp³-hybridized carbons (Fsp3) is 0.231. The summed E-state index contributed by atoms with van der Waals surface area (Å²) in [5.41, 5.74) is 5.64. The van der Waals surface area contributed by atoms with Crippen molar-refractivity contribution in [2.45, 2.75) is 31.7 Å². The minimum absolute atomic E-state index is 0.0787. The monoisotopic (exact) mass is 459 g/mol. The van der Waals surface area contributed by atoms with Gasteiger partial charge < -0.3 is 20.5 Å². The molecule has 0 saturated heterocycles. The van der Waals surface area contributed by atoms with Crippen molar-refractivity contribution in [3.63, 3.8) is 0 Å². The van der Waals surface area contributed by atoms with Gasteiger partial charge >= 0.3 is 12.1 Å². The number of fused-ring (bicyclic) bond motifs is 3. The van der Waals surface area contributed by atoms with E-state index in [1.807, 2.05) is 55.5 Å². The number of carboxylic acid groups (broad SMARTS) is 1. The summed E-state index contributed by atoms with van der Waals surface area (Å²) in [6.07, 6.45) is 1.95. The van der Waals surface area contributed by atoms with Gasteiger partial charge in [-0.05, 0) is 47.2 Å². The maximum absolute atomic E-state index is 12.8. The second kappa shape index (κ2) is 10.2. The molecular weight excluding hydrogens is 434 g/mol. The molecule has 8 nitrogen and oxygen atoms in total. The van der Waals surface area contributed by atoms with Crippen molar-refractivity contribution in [3.05, 3.63) is 83.7 Å². The second-order valence-corrected chi connectivity index (χ2v) is 8.13. The molecule has 34 heavy (non-hydrogen) atoms. The van der Waals surface area contributed by atoms with E-state index in [4.69, 9.17) is 9.84 Å². The van der Waals surface area contributed by atoms with Crippen LogP contribution in [0.1, 0.15) is 35.4 Å². The van der Waals surface area contributed by atoms with Gasteiger partial charge in [-0.2, -0.15) is 0 Å². The minimum atomic E-state index is -1.08. The maximum Gasteiger partial charge on any atom is 0.407 e. The van der Waals surface area contributed by atoms with Gasteiger partial charge in [0, 0.05) is 18.5 Å². The Morgan fingerprint density at radius 2 is 1.68 bits per heavy atom. The molecule has 0 fully saturated rings. The summed E-state index contributed by atoms with van der Waals surface area (Å²) in [4.78, 5) is 40.5. The SMILES string of the molecule is Cc1ccncc1NC(=O)C(CCC(=O)O)NC(=O)OCC1c2ccccc2-c2ccccc21. The summed E-state index contributed by atoms with van der Waals surface area (Å²) in [5, 5.41) is 14.3. The number of amides is 2. The molecule has 1 aliphatic carbocycles. The van der Waals surface area contributed by atoms with E-state index in [2.05, 4.69) is 15.6 Å². The van der Waals surface area contributed by atoms with E-state index in [0.29, 0.717) is 5.69 Å². The molecule has 2 aromatic carbocycles. The van der Waals surface area contributed by atoms with Gasteiger partial charge in [0.1, 0.15) is 12.6 Å². The predicted molar refractivity (Wildman–Crippen MR) is 126 cm³/mol. The van der Waals surface area contributed by atoms with Gasteiger partial charge in [-0.3, -0.25) is 14.6 Å². The van der Waals surface area contributed by atoms with Gasteiger partial charge in [0.05, 0.1) is 11.9 Å². The van der Waals surface area contributed by atoms with Crippen LogP contribution >= 0.6 is 0 Å². The first kappa shape index (κ1) is 23.0. The Morgan fingerprint density at radius 3 is 2.29 bits per heavy atom. The van der Waals surface area contributed by atoms with E-state index in [9.17, 15) is 14.4 Å². The van der Waals surface area contributed by atoms with Crippen LogP contribution in [0, 0.1) is 6.92 Å². The number of alkyl carbamates (subject to hydrolysis) is 1. The zero-order valence-electron chi connectivity index (χ0n) is 18.7. The number of aromatic nitrogens is 1. The smallest absolute Gasteiger partial charge is 0.407 e. The van der Waals surface area contributed by atoms with Crippen molar-refractivity contribution >= 4 is 23.7 Å². The zero-order valence-corrected chi connectivity index (χ0v) is 18.7. The van der Waals surface area contributed by atoms with Crippen molar-refractivity contribution in [2.75, 3.05) is 11.9 Å². The Kier molecular flexibility index (Phi) is 6.87. The Balaban J connectivity index is 1.43. The van der Waals surface area contributed by atoms with Gasteiger partial charge in [-0.25, -0.2) is 4.79 Å². The summed E-state index contributed by atoms with van der Waals surface area (Å²) in [7, 11) is 0. The molecule has 1 heterocycles. The molecule has 2 amide bonds. The molecule has 0 aliphatic heterocycles. The molecule has 8 heteroatoms. The third-order valence-corrected chi connectivity index (χ3v) is 5.90. The van der Waals surface area contributed by atoms with Crippen LogP contribution in [-0.4, -0.2) is 40.7 Å². The quantitative estimate of drug-likeness (QED) is 0.467. The summed E-state index contributed by atoms with van der Waals surface area (Å²) in [6, 6.07) is 16.6. The number of pyridine rings is 1. The lowest BCUT2D eigenvalue weighted by molar-refractivity contribution is -0.137. The fourth-order valence-corrected chi connectivity index (χ4v) is 4.13. The van der Waals surface area contributed by atoms with Crippen molar-refractivity contribution < 1.29 is 24.2 Å². The number of hydrogen-bond acceptors (Lipinski definition) is 5. The van der Waals surface area contributed by atoms with E-state index >= 15 is 0 Å². The van der Waals surface area contributed by atoms with E-state index in [0.717, 1.165) is 27.8 Å². The van der Waals surface area contributed by atoms with E-state index in [1.54, 1.807) is 12.3 Å². The van der Waals surface area contributed by atoms with Crippen LogP contribution in [0.5, 0.6) is 0 Å². The van der Waals surface area contributed by atoms with Crippen LogP contribution < -0.4 is 10.6 Å². The molecule has 1 aromatic heterocycles. The largest absolute Gasteiger partial charge is 0.481 e. The van der Waals surface area contributed by atoms with Crippen LogP contribution in [0.15, 0.2) is 67.0 Å². The highest BCUT2D eigenvalue weighted by molar-refractivity contribution is 5.97. The van der Waals surface area contributed by atoms with Crippen molar-refractivity contribution in [1.29, 1.82) is 0 Å². The average Bonchev–Trinajstić information content (AvgIpc) is 3.15. The number of ether oxygens (including phenoxy) is 1. The van der Waals surface area contributed by atoms with Crippen molar-refractivity contribution in [3.8, 4) is 11.1 Å². The van der Waals surface area contributed by atoms with Crippen LogP contribution in [0.2, 0.25) is 0 Å². The normalized spacial score (nSPS) is 12.9. The van der Waals surface area contributed by atoms with Gasteiger partial charge in [0.25, 0.3) is 0 Å². The van der Waals surface area contributed by atoms with Gasteiger partial charge in [-0.1, -0.05) is 48.5 Å². The Hall–Kier alpha value is -4.20. The molecule has 4 rings (SSSR count). The van der Waals surface area contributed by atoms with Gasteiger partial charge in [0.15, 0.2) is 0 Å². The highest BCUT2D eigenvalue weighted by Gasteiger charge is 2.30. The second-order valence-electron chi connectivity index (χ2n) is 8.13. The number of carbonyl (C=O) groups excluding carboxylic acids is 2. The number of aliphatic carboxylic acids is 1. The Bertz CT molecular complexity index is 1180. The highest BCUT2D eigenvalue weighted by atomic mass is 16.5. The lowest BCUT2D eigenvalue weighted by atomic mass is 9.98. The average molecular weight is 460 g/mol. The van der Waals surface area contributed by atoms with Crippen LogP contribution in [0.4, 0.5) is 10.5 Å². The first-order chi connectivity index (χ1) is 16.4. The fourth-order valence-electron chi connectivity index (χ4n) is 4.13. The van der Waals surface area contributed by atoms with Crippen molar-refractivity contribution in [1.82, 2.24) is 10.3 Å². The molecule has 174 valence electrons.